The summed E-state index contributed by atoms with van der Waals surface area (Å²) in [6, 6.07) is 17.1. The molecule has 0 fully saturated rings. The van der Waals surface area contributed by atoms with Crippen molar-refractivity contribution in [1.82, 2.24) is 5.32 Å². The molecule has 0 unspecified atom stereocenters. The minimum atomic E-state index is -0.314. The molecule has 0 aliphatic carbocycles. The molecule has 0 aliphatic rings. The maximum atomic E-state index is 12.3. The van der Waals surface area contributed by atoms with Gasteiger partial charge in [-0.3, -0.25) is 0 Å². The van der Waals surface area contributed by atoms with E-state index in [1.165, 1.54) is 22.7 Å². The van der Waals surface area contributed by atoms with Gasteiger partial charge in [-0.05, 0) is 0 Å². The van der Waals surface area contributed by atoms with Gasteiger partial charge in [0.1, 0.15) is 0 Å². The van der Waals surface area contributed by atoms with Gasteiger partial charge in [-0.2, -0.15) is 0 Å². The van der Waals surface area contributed by atoms with Crippen molar-refractivity contribution >= 4 is 54.2 Å². The van der Waals surface area contributed by atoms with Crippen molar-refractivity contribution in [2.75, 3.05) is 0 Å². The number of nitrogens with one attached hydrogen (secondary N) is 1. The molecule has 0 spiro atoms. The molecule has 7 heteroatoms. The van der Waals surface area contributed by atoms with E-state index in [1.807, 2.05) is 53.2 Å². The zero-order valence-corrected chi connectivity index (χ0v) is 16.4. The summed E-state index contributed by atoms with van der Waals surface area (Å²) >= 11 is 2.55. The first kappa shape index (κ1) is 17.8. The molecule has 3 aromatic rings. The molecule has 2 amide bonds. The van der Waals surface area contributed by atoms with Crippen LogP contribution in [0.25, 0.3) is 0 Å². The Morgan fingerprint density at radius 3 is 2.24 bits per heavy atom. The molecular formula is C18H14N2O2S2Se. The van der Waals surface area contributed by atoms with Crippen molar-refractivity contribution in [2.24, 2.45) is 4.99 Å². The van der Waals surface area contributed by atoms with E-state index in [1.54, 1.807) is 12.1 Å². The number of aliphatic imine (C=N–C) groups is 1. The van der Waals surface area contributed by atoms with Gasteiger partial charge in [0.05, 0.1) is 0 Å². The molecule has 0 radical (unpaired) electrons. The van der Waals surface area contributed by atoms with Crippen LogP contribution in [0.5, 0.6) is 0 Å². The zero-order chi connectivity index (χ0) is 17.5. The fraction of sp³-hybridized carbons (Fsp3) is 0.0556. The van der Waals surface area contributed by atoms with Gasteiger partial charge < -0.3 is 0 Å². The quantitative estimate of drug-likeness (QED) is 0.380. The number of hydrogen-bond donors (Lipinski definition) is 1. The second kappa shape index (κ2) is 8.87. The number of nitrogens with zero attached hydrogens (tertiary/aromatic N) is 1. The van der Waals surface area contributed by atoms with Crippen molar-refractivity contribution < 1.29 is 9.59 Å². The molecule has 1 aromatic carbocycles. The molecule has 126 valence electrons. The monoisotopic (exact) mass is 434 g/mol. The standard InChI is InChI=1S/C18H14N2O2S2Se/c21-16(14-8-4-10-23-14)19-18(20-17(22)15-9-5-11-24-15)25-12-13-6-2-1-3-7-13/h1-11H,12H2,(H,19,20,21,22). The van der Waals surface area contributed by atoms with Crippen molar-refractivity contribution in [3.8, 4) is 0 Å². The van der Waals surface area contributed by atoms with Crippen molar-refractivity contribution in [1.29, 1.82) is 0 Å². The van der Waals surface area contributed by atoms with Crippen LogP contribution in [0, 0.1) is 0 Å². The summed E-state index contributed by atoms with van der Waals surface area (Å²) in [5, 5.41) is 7.25. The third kappa shape index (κ3) is 5.21. The predicted molar refractivity (Wildman–Crippen MR) is 104 cm³/mol. The van der Waals surface area contributed by atoms with Gasteiger partial charge in [0, 0.05) is 0 Å². The van der Waals surface area contributed by atoms with E-state index < -0.39 is 0 Å². The number of amides is 2. The Balaban J connectivity index is 1.75. The van der Waals surface area contributed by atoms with Crippen LogP contribution in [0.1, 0.15) is 24.9 Å². The van der Waals surface area contributed by atoms with E-state index in [4.69, 9.17) is 0 Å². The Bertz CT molecular complexity index is 860. The van der Waals surface area contributed by atoms with Crippen molar-refractivity contribution in [3.63, 3.8) is 0 Å². The Hall–Kier alpha value is -2.05. The third-order valence-corrected chi connectivity index (χ3v) is 6.83. The first-order valence-electron chi connectivity index (χ1n) is 7.40. The molecule has 2 heterocycles. The summed E-state index contributed by atoms with van der Waals surface area (Å²) in [5.74, 6) is -0.533. The Labute approximate surface area is 159 Å². The van der Waals surface area contributed by atoms with Gasteiger partial charge in [0.2, 0.25) is 0 Å². The molecule has 0 atom stereocenters. The average Bonchev–Trinajstić information content (AvgIpc) is 3.33. The van der Waals surface area contributed by atoms with Gasteiger partial charge in [0.15, 0.2) is 0 Å². The van der Waals surface area contributed by atoms with Crippen LogP contribution in [0.15, 0.2) is 70.3 Å². The first-order valence-corrected chi connectivity index (χ1v) is 11.2. The van der Waals surface area contributed by atoms with E-state index in [-0.39, 0.29) is 26.8 Å². The number of benzene rings is 1. The molecular weight excluding hydrogens is 419 g/mol. The van der Waals surface area contributed by atoms with Crippen LogP contribution < -0.4 is 5.32 Å². The summed E-state index contributed by atoms with van der Waals surface area (Å²) in [4.78, 5) is 29.9. The zero-order valence-electron chi connectivity index (χ0n) is 13.0. The first-order chi connectivity index (χ1) is 12.2. The van der Waals surface area contributed by atoms with Gasteiger partial charge >= 0.3 is 160 Å². The van der Waals surface area contributed by atoms with Crippen molar-refractivity contribution in [3.05, 3.63) is 80.7 Å². The molecule has 4 nitrogen and oxygen atoms in total. The van der Waals surface area contributed by atoms with E-state index in [9.17, 15) is 9.59 Å². The van der Waals surface area contributed by atoms with E-state index in [0.717, 1.165) is 10.9 Å². The molecule has 0 bridgehead atoms. The maximum absolute atomic E-state index is 12.3. The fourth-order valence-corrected chi connectivity index (χ4v) is 4.86. The second-order valence-electron chi connectivity index (χ2n) is 4.91. The van der Waals surface area contributed by atoms with Crippen LogP contribution >= 0.6 is 22.7 Å². The number of hydrogen-bond acceptors (Lipinski definition) is 4. The van der Waals surface area contributed by atoms with Crippen molar-refractivity contribution in [2.45, 2.75) is 5.32 Å². The van der Waals surface area contributed by atoms with E-state index >= 15 is 0 Å². The van der Waals surface area contributed by atoms with Crippen LogP contribution in [0.2, 0.25) is 0 Å². The topological polar surface area (TPSA) is 58.5 Å². The summed E-state index contributed by atoms with van der Waals surface area (Å²) in [6.07, 6.45) is 0. The molecule has 0 aliphatic heterocycles. The van der Waals surface area contributed by atoms with E-state index in [0.29, 0.717) is 14.5 Å². The Morgan fingerprint density at radius 2 is 1.60 bits per heavy atom. The SMILES string of the molecule is O=C(N=C(NC(=O)c1cccs1)[Se]Cc1ccccc1)c1cccs1. The summed E-state index contributed by atoms with van der Waals surface area (Å²) in [5.41, 5.74) is 1.16. The number of rotatable bonds is 5. The van der Waals surface area contributed by atoms with Crippen LogP contribution in [-0.2, 0) is 5.32 Å². The number of carbonyl (C=O) groups excluding carboxylic acids is 2. The Kier molecular flexibility index (Phi) is 6.30. The summed E-state index contributed by atoms with van der Waals surface area (Å²) < 4.78 is 0.452. The molecule has 2 aromatic heterocycles. The van der Waals surface area contributed by atoms with Gasteiger partial charge in [0.25, 0.3) is 0 Å². The Morgan fingerprint density at radius 1 is 0.920 bits per heavy atom. The summed E-state index contributed by atoms with van der Waals surface area (Å²) in [7, 11) is 0. The predicted octanol–water partition coefficient (Wildman–Crippen LogP) is 3.64. The summed E-state index contributed by atoms with van der Waals surface area (Å²) in [6.45, 7) is 0. The van der Waals surface area contributed by atoms with Gasteiger partial charge in [-0.1, -0.05) is 0 Å². The number of thiophene rings is 2. The van der Waals surface area contributed by atoms with E-state index in [2.05, 4.69) is 10.3 Å². The number of amidine groups is 1. The second-order valence-corrected chi connectivity index (χ2v) is 8.82. The van der Waals surface area contributed by atoms with Crippen LogP contribution in [0.3, 0.4) is 0 Å². The molecule has 1 N–H and O–H groups in total. The average molecular weight is 433 g/mol. The number of carbonyl (C=O) groups is 2. The van der Waals surface area contributed by atoms with Crippen LogP contribution in [-0.4, -0.2) is 31.5 Å². The molecule has 3 rings (SSSR count). The van der Waals surface area contributed by atoms with Gasteiger partial charge in [-0.25, -0.2) is 0 Å². The third-order valence-electron chi connectivity index (χ3n) is 3.12. The van der Waals surface area contributed by atoms with Crippen LogP contribution in [0.4, 0.5) is 0 Å². The fourth-order valence-electron chi connectivity index (χ4n) is 1.94. The molecule has 0 saturated carbocycles. The minimum absolute atomic E-state index is 0.152. The normalized spacial score (nSPS) is 11.3. The van der Waals surface area contributed by atoms with Gasteiger partial charge in [-0.15, -0.1) is 0 Å². The molecule has 0 saturated heterocycles. The molecule has 25 heavy (non-hydrogen) atoms.